The Bertz CT molecular complexity index is 3210. The summed E-state index contributed by atoms with van der Waals surface area (Å²) in [6, 6.07) is 71.1. The minimum Gasteiger partial charge on any atom is -0.310 e. The topological polar surface area (TPSA) is 34.0 Å². The molecule has 11 aromatic rings. The first-order valence-electron chi connectivity index (χ1n) is 19.0. The van der Waals surface area contributed by atoms with Gasteiger partial charge < -0.3 is 9.47 Å². The van der Waals surface area contributed by atoms with Gasteiger partial charge in [0.05, 0.1) is 39.6 Å². The molecule has 4 heteroatoms. The normalized spacial score (nSPS) is 11.6. The lowest BCUT2D eigenvalue weighted by molar-refractivity contribution is 1.18. The van der Waals surface area contributed by atoms with E-state index in [0.717, 1.165) is 61.4 Å². The summed E-state index contributed by atoms with van der Waals surface area (Å²) in [6.45, 7) is 0. The highest BCUT2D eigenvalue weighted by Gasteiger charge is 2.20. The maximum atomic E-state index is 5.38. The molecular weight excluding hydrogens is 681 g/mol. The Hall–Kier alpha value is -7.56. The molecule has 2 aromatic heterocycles. The lowest BCUT2D eigenvalue weighted by atomic mass is 9.99. The van der Waals surface area contributed by atoms with Crippen molar-refractivity contribution in [1.82, 2.24) is 14.5 Å². The summed E-state index contributed by atoms with van der Waals surface area (Å²) in [4.78, 5) is 12.8. The van der Waals surface area contributed by atoms with E-state index in [1.807, 2.05) is 6.20 Å². The Morgan fingerprint density at radius 2 is 0.946 bits per heavy atom. The molecule has 2 heterocycles. The monoisotopic (exact) mass is 714 g/mol. The van der Waals surface area contributed by atoms with E-state index < -0.39 is 0 Å². The standard InChI is InChI=1S/C52H34N4/c1-3-15-37(16-4-1)55(49-26-14-12-24-45(49)47-34-53-51-43-22-9-7-19-40(43)41-20-8-10-23-44(41)52(51)54-47)39-30-27-35(28-31-39)36-29-32-50-46(33-36)42-21-11-13-25-48(42)56(50)38-17-5-2-6-18-38/h1-34H. The molecule has 0 unspecified atom stereocenters. The van der Waals surface area contributed by atoms with Gasteiger partial charge in [-0.1, -0.05) is 140 Å². The van der Waals surface area contributed by atoms with Crippen molar-refractivity contribution >= 4 is 71.4 Å². The Labute approximate surface area is 324 Å². The van der Waals surface area contributed by atoms with E-state index in [0.29, 0.717) is 0 Å². The van der Waals surface area contributed by atoms with Gasteiger partial charge in [0, 0.05) is 44.2 Å². The van der Waals surface area contributed by atoms with Crippen LogP contribution in [0.5, 0.6) is 0 Å². The average molecular weight is 715 g/mol. The van der Waals surface area contributed by atoms with Crippen molar-refractivity contribution in [3.63, 3.8) is 0 Å². The number of anilines is 3. The first kappa shape index (κ1) is 31.9. The molecule has 0 bridgehead atoms. The zero-order valence-corrected chi connectivity index (χ0v) is 30.4. The summed E-state index contributed by atoms with van der Waals surface area (Å²) in [5.74, 6) is 0. The highest BCUT2D eigenvalue weighted by Crippen LogP contribution is 2.42. The summed E-state index contributed by atoms with van der Waals surface area (Å²) in [5.41, 5.74) is 12.7. The van der Waals surface area contributed by atoms with Crippen LogP contribution in [0.1, 0.15) is 0 Å². The molecule has 0 N–H and O–H groups in total. The summed E-state index contributed by atoms with van der Waals surface area (Å²) >= 11 is 0. The SMILES string of the molecule is c1ccc(N(c2ccc(-c3ccc4c(c3)c3ccccc3n4-c3ccccc3)cc2)c2ccccc2-c2cnc3c4ccccc4c4ccccc4c3n2)cc1. The number of fused-ring (bicyclic) bond motifs is 9. The average Bonchev–Trinajstić information content (AvgIpc) is 3.61. The lowest BCUT2D eigenvalue weighted by Gasteiger charge is -2.27. The predicted molar refractivity (Wildman–Crippen MR) is 234 cm³/mol. The Morgan fingerprint density at radius 3 is 1.70 bits per heavy atom. The summed E-state index contributed by atoms with van der Waals surface area (Å²) < 4.78 is 2.36. The van der Waals surface area contributed by atoms with Gasteiger partial charge >= 0.3 is 0 Å². The highest BCUT2D eigenvalue weighted by atomic mass is 15.1. The van der Waals surface area contributed by atoms with Gasteiger partial charge in [0.1, 0.15) is 0 Å². The van der Waals surface area contributed by atoms with E-state index in [4.69, 9.17) is 9.97 Å². The molecule has 56 heavy (non-hydrogen) atoms. The van der Waals surface area contributed by atoms with Crippen molar-refractivity contribution in [1.29, 1.82) is 0 Å². The zero-order valence-electron chi connectivity index (χ0n) is 30.4. The molecule has 0 fully saturated rings. The number of benzene rings is 9. The number of para-hydroxylation sites is 4. The van der Waals surface area contributed by atoms with Crippen molar-refractivity contribution in [3.8, 4) is 28.1 Å². The molecule has 0 saturated carbocycles. The summed E-state index contributed by atoms with van der Waals surface area (Å²) in [5, 5.41) is 7.07. The van der Waals surface area contributed by atoms with Gasteiger partial charge in [0.25, 0.3) is 0 Å². The maximum absolute atomic E-state index is 5.38. The zero-order chi connectivity index (χ0) is 37.0. The van der Waals surface area contributed by atoms with Crippen molar-refractivity contribution in [2.45, 2.75) is 0 Å². The van der Waals surface area contributed by atoms with Crippen LogP contribution in [0.25, 0.3) is 82.5 Å². The maximum Gasteiger partial charge on any atom is 0.0979 e. The van der Waals surface area contributed by atoms with Crippen LogP contribution in [-0.4, -0.2) is 14.5 Å². The van der Waals surface area contributed by atoms with Crippen molar-refractivity contribution in [2.24, 2.45) is 0 Å². The van der Waals surface area contributed by atoms with Crippen LogP contribution in [0.4, 0.5) is 17.1 Å². The molecule has 0 aliphatic heterocycles. The molecule has 0 aliphatic rings. The van der Waals surface area contributed by atoms with E-state index in [9.17, 15) is 0 Å². The van der Waals surface area contributed by atoms with Crippen molar-refractivity contribution in [2.75, 3.05) is 4.90 Å². The van der Waals surface area contributed by atoms with E-state index in [1.54, 1.807) is 0 Å². The van der Waals surface area contributed by atoms with Gasteiger partial charge in [0.2, 0.25) is 0 Å². The molecule has 0 amide bonds. The van der Waals surface area contributed by atoms with Crippen LogP contribution in [0.2, 0.25) is 0 Å². The summed E-state index contributed by atoms with van der Waals surface area (Å²) in [6.07, 6.45) is 1.93. The number of hydrogen-bond donors (Lipinski definition) is 0. The van der Waals surface area contributed by atoms with Crippen molar-refractivity contribution in [3.05, 3.63) is 206 Å². The molecule has 11 rings (SSSR count). The van der Waals surface area contributed by atoms with Gasteiger partial charge in [0.15, 0.2) is 0 Å². The quantitative estimate of drug-likeness (QED) is 0.161. The van der Waals surface area contributed by atoms with Crippen LogP contribution in [-0.2, 0) is 0 Å². The van der Waals surface area contributed by atoms with E-state index in [2.05, 4.69) is 210 Å². The van der Waals surface area contributed by atoms with Crippen molar-refractivity contribution < 1.29 is 0 Å². The van der Waals surface area contributed by atoms with Crippen LogP contribution in [0.15, 0.2) is 206 Å². The molecule has 4 nitrogen and oxygen atoms in total. The van der Waals surface area contributed by atoms with E-state index >= 15 is 0 Å². The number of aromatic nitrogens is 3. The molecular formula is C52H34N4. The Kier molecular flexibility index (Phi) is 7.46. The van der Waals surface area contributed by atoms with Crippen LogP contribution < -0.4 is 4.90 Å². The highest BCUT2D eigenvalue weighted by molar-refractivity contribution is 6.23. The Balaban J connectivity index is 1.03. The largest absolute Gasteiger partial charge is 0.310 e. The van der Waals surface area contributed by atoms with E-state index in [-0.39, 0.29) is 0 Å². The minimum absolute atomic E-state index is 0.828. The molecule has 0 aliphatic carbocycles. The van der Waals surface area contributed by atoms with Gasteiger partial charge in [-0.05, 0) is 82.6 Å². The smallest absolute Gasteiger partial charge is 0.0979 e. The molecule has 9 aromatic carbocycles. The molecule has 0 atom stereocenters. The van der Waals surface area contributed by atoms with Crippen LogP contribution in [0.3, 0.4) is 0 Å². The summed E-state index contributed by atoms with van der Waals surface area (Å²) in [7, 11) is 0. The molecule has 0 radical (unpaired) electrons. The second-order valence-corrected chi connectivity index (χ2v) is 14.2. The fourth-order valence-electron chi connectivity index (χ4n) is 8.45. The third kappa shape index (κ3) is 5.15. The lowest BCUT2D eigenvalue weighted by Crippen LogP contribution is -2.11. The Morgan fingerprint density at radius 1 is 0.393 bits per heavy atom. The molecule has 262 valence electrons. The van der Waals surface area contributed by atoms with E-state index in [1.165, 1.54) is 38.1 Å². The predicted octanol–water partition coefficient (Wildman–Crippen LogP) is 13.8. The number of hydrogen-bond acceptors (Lipinski definition) is 3. The minimum atomic E-state index is 0.828. The third-order valence-electron chi connectivity index (χ3n) is 11.0. The molecule has 0 spiro atoms. The molecule has 0 saturated heterocycles. The first-order chi connectivity index (χ1) is 27.8. The fourth-order valence-corrected chi connectivity index (χ4v) is 8.45. The van der Waals surface area contributed by atoms with Crippen LogP contribution >= 0.6 is 0 Å². The second-order valence-electron chi connectivity index (χ2n) is 14.2. The fraction of sp³-hybridized carbons (Fsp3) is 0. The van der Waals surface area contributed by atoms with Gasteiger partial charge in [-0.25, -0.2) is 4.98 Å². The second kappa shape index (κ2) is 13.1. The number of nitrogens with zero attached hydrogens (tertiary/aromatic N) is 4. The van der Waals surface area contributed by atoms with Gasteiger partial charge in [-0.15, -0.1) is 0 Å². The van der Waals surface area contributed by atoms with Gasteiger partial charge in [-0.2, -0.15) is 0 Å². The van der Waals surface area contributed by atoms with Gasteiger partial charge in [-0.3, -0.25) is 4.98 Å². The first-order valence-corrected chi connectivity index (χ1v) is 19.0. The van der Waals surface area contributed by atoms with Crippen LogP contribution in [0, 0.1) is 0 Å². The third-order valence-corrected chi connectivity index (χ3v) is 11.0. The number of rotatable bonds is 6.